The van der Waals surface area contributed by atoms with Crippen molar-refractivity contribution >= 4 is 30.7 Å². The van der Waals surface area contributed by atoms with Crippen molar-refractivity contribution in [2.75, 3.05) is 6.54 Å². The van der Waals surface area contributed by atoms with Gasteiger partial charge in [-0.25, -0.2) is 0 Å². The largest absolute Gasteiger partial charge is 0.358 e. The Hall–Kier alpha value is -1.52. The van der Waals surface area contributed by atoms with Crippen molar-refractivity contribution in [1.29, 1.82) is 0 Å². The standard InChI is InChI=1S/C12H11N3O.2ClH/c16-12-9-7-11(8-1-4-13-5-2-8)15-10(9)3-6-14-12;;/h1-2,4-5,7,15H,3,6H2,(H,14,16);2*1H. The van der Waals surface area contributed by atoms with Gasteiger partial charge in [0.25, 0.3) is 5.91 Å². The first-order valence-electron chi connectivity index (χ1n) is 5.25. The predicted octanol–water partition coefficient (Wildman–Crippen LogP) is 2.21. The molecular weight excluding hydrogens is 273 g/mol. The van der Waals surface area contributed by atoms with Crippen LogP contribution in [0.1, 0.15) is 16.1 Å². The minimum atomic E-state index is 0. The topological polar surface area (TPSA) is 57.8 Å². The Morgan fingerprint density at radius 2 is 1.89 bits per heavy atom. The zero-order valence-electron chi connectivity index (χ0n) is 9.47. The van der Waals surface area contributed by atoms with Gasteiger partial charge in [-0.15, -0.1) is 24.8 Å². The normalized spacial score (nSPS) is 12.8. The number of H-pyrrole nitrogens is 1. The van der Waals surface area contributed by atoms with E-state index < -0.39 is 0 Å². The summed E-state index contributed by atoms with van der Waals surface area (Å²) in [5.41, 5.74) is 3.82. The summed E-state index contributed by atoms with van der Waals surface area (Å²) in [7, 11) is 0. The van der Waals surface area contributed by atoms with Crippen LogP contribution in [0, 0.1) is 0 Å². The molecule has 18 heavy (non-hydrogen) atoms. The summed E-state index contributed by atoms with van der Waals surface area (Å²) in [6, 6.07) is 5.75. The predicted molar refractivity (Wildman–Crippen MR) is 74.6 cm³/mol. The lowest BCUT2D eigenvalue weighted by Gasteiger charge is -2.10. The van der Waals surface area contributed by atoms with Crippen LogP contribution in [0.15, 0.2) is 30.6 Å². The van der Waals surface area contributed by atoms with Gasteiger partial charge in [-0.05, 0) is 18.2 Å². The van der Waals surface area contributed by atoms with Crippen LogP contribution in [-0.4, -0.2) is 22.4 Å². The molecule has 1 aliphatic rings. The van der Waals surface area contributed by atoms with Gasteiger partial charge in [0.15, 0.2) is 0 Å². The Balaban J connectivity index is 0.000000810. The zero-order valence-corrected chi connectivity index (χ0v) is 11.1. The number of fused-ring (bicyclic) bond motifs is 1. The highest BCUT2D eigenvalue weighted by Crippen LogP contribution is 2.23. The van der Waals surface area contributed by atoms with Crippen molar-refractivity contribution in [3.63, 3.8) is 0 Å². The molecule has 0 bridgehead atoms. The van der Waals surface area contributed by atoms with Crippen molar-refractivity contribution in [3.8, 4) is 11.3 Å². The molecule has 0 aliphatic carbocycles. The van der Waals surface area contributed by atoms with Crippen LogP contribution in [-0.2, 0) is 6.42 Å². The second-order valence-corrected chi connectivity index (χ2v) is 3.82. The summed E-state index contributed by atoms with van der Waals surface area (Å²) in [5.74, 6) is 0.0119. The number of aromatic amines is 1. The van der Waals surface area contributed by atoms with Crippen LogP contribution >= 0.6 is 24.8 Å². The van der Waals surface area contributed by atoms with E-state index in [1.165, 1.54) is 0 Å². The van der Waals surface area contributed by atoms with E-state index in [0.717, 1.165) is 28.9 Å². The Morgan fingerprint density at radius 1 is 1.17 bits per heavy atom. The minimum absolute atomic E-state index is 0. The van der Waals surface area contributed by atoms with E-state index in [1.54, 1.807) is 12.4 Å². The second-order valence-electron chi connectivity index (χ2n) is 3.82. The van der Waals surface area contributed by atoms with E-state index >= 15 is 0 Å². The zero-order chi connectivity index (χ0) is 11.0. The third-order valence-corrected chi connectivity index (χ3v) is 2.80. The fraction of sp³-hybridized carbons (Fsp3) is 0.167. The fourth-order valence-electron chi connectivity index (χ4n) is 1.98. The minimum Gasteiger partial charge on any atom is -0.358 e. The second kappa shape index (κ2) is 5.89. The summed E-state index contributed by atoms with van der Waals surface area (Å²) >= 11 is 0. The van der Waals surface area contributed by atoms with Crippen molar-refractivity contribution in [3.05, 3.63) is 41.9 Å². The van der Waals surface area contributed by atoms with E-state index in [-0.39, 0.29) is 30.7 Å². The monoisotopic (exact) mass is 285 g/mol. The lowest BCUT2D eigenvalue weighted by Crippen LogP contribution is -2.31. The molecule has 0 saturated heterocycles. The van der Waals surface area contributed by atoms with E-state index in [0.29, 0.717) is 6.54 Å². The van der Waals surface area contributed by atoms with Gasteiger partial charge in [-0.2, -0.15) is 0 Å². The Bertz CT molecular complexity index is 540. The molecule has 3 heterocycles. The molecule has 0 unspecified atom stereocenters. The molecule has 0 saturated carbocycles. The summed E-state index contributed by atoms with van der Waals surface area (Å²) in [6.45, 7) is 0.710. The molecule has 2 aromatic heterocycles. The van der Waals surface area contributed by atoms with E-state index in [2.05, 4.69) is 15.3 Å². The maximum absolute atomic E-state index is 11.6. The highest BCUT2D eigenvalue weighted by Gasteiger charge is 2.19. The highest BCUT2D eigenvalue weighted by molar-refractivity contribution is 5.97. The molecule has 2 N–H and O–H groups in total. The van der Waals surface area contributed by atoms with Gasteiger partial charge in [0.1, 0.15) is 0 Å². The fourth-order valence-corrected chi connectivity index (χ4v) is 1.98. The first-order valence-corrected chi connectivity index (χ1v) is 5.25. The maximum Gasteiger partial charge on any atom is 0.253 e. The highest BCUT2D eigenvalue weighted by atomic mass is 35.5. The first-order chi connectivity index (χ1) is 7.84. The molecule has 4 nitrogen and oxygen atoms in total. The number of carbonyl (C=O) groups excluding carboxylic acids is 1. The lowest BCUT2D eigenvalue weighted by molar-refractivity contribution is 0.0946. The number of aromatic nitrogens is 2. The number of pyridine rings is 1. The van der Waals surface area contributed by atoms with Crippen LogP contribution in [0.5, 0.6) is 0 Å². The van der Waals surface area contributed by atoms with E-state index in [4.69, 9.17) is 0 Å². The Morgan fingerprint density at radius 3 is 2.56 bits per heavy atom. The molecule has 0 fully saturated rings. The van der Waals surface area contributed by atoms with Crippen LogP contribution in [0.25, 0.3) is 11.3 Å². The number of hydrogen-bond acceptors (Lipinski definition) is 2. The molecule has 1 aliphatic heterocycles. The molecule has 0 spiro atoms. The number of nitrogens with zero attached hydrogens (tertiary/aromatic N) is 1. The Labute approximate surface area is 117 Å². The summed E-state index contributed by atoms with van der Waals surface area (Å²) in [5, 5.41) is 2.83. The molecule has 0 radical (unpaired) electrons. The molecule has 3 rings (SSSR count). The number of amides is 1. The average Bonchev–Trinajstić information content (AvgIpc) is 2.76. The van der Waals surface area contributed by atoms with Crippen LogP contribution < -0.4 is 5.32 Å². The van der Waals surface area contributed by atoms with Gasteiger partial charge in [0, 0.05) is 42.3 Å². The van der Waals surface area contributed by atoms with Gasteiger partial charge in [-0.3, -0.25) is 9.78 Å². The third kappa shape index (κ3) is 2.49. The number of rotatable bonds is 1. The molecule has 6 heteroatoms. The van der Waals surface area contributed by atoms with Gasteiger partial charge in [0.05, 0.1) is 5.56 Å². The van der Waals surface area contributed by atoms with Crippen LogP contribution in [0.3, 0.4) is 0 Å². The number of carbonyl (C=O) groups is 1. The van der Waals surface area contributed by atoms with Gasteiger partial charge < -0.3 is 10.3 Å². The number of hydrogen-bond donors (Lipinski definition) is 2. The average molecular weight is 286 g/mol. The summed E-state index contributed by atoms with van der Waals surface area (Å²) in [6.07, 6.45) is 4.36. The van der Waals surface area contributed by atoms with E-state index in [9.17, 15) is 4.79 Å². The SMILES string of the molecule is Cl.Cl.O=C1NCCc2[nH]c(-c3ccncc3)cc21. The molecule has 0 aromatic carbocycles. The van der Waals surface area contributed by atoms with Crippen LogP contribution in [0.4, 0.5) is 0 Å². The van der Waals surface area contributed by atoms with Crippen molar-refractivity contribution in [2.45, 2.75) is 6.42 Å². The van der Waals surface area contributed by atoms with Crippen molar-refractivity contribution < 1.29 is 4.79 Å². The quantitative estimate of drug-likeness (QED) is 0.844. The van der Waals surface area contributed by atoms with Crippen molar-refractivity contribution in [1.82, 2.24) is 15.3 Å². The lowest BCUT2D eigenvalue weighted by atomic mass is 10.1. The Kier molecular flexibility index (Phi) is 4.76. The third-order valence-electron chi connectivity index (χ3n) is 2.80. The summed E-state index contributed by atoms with van der Waals surface area (Å²) < 4.78 is 0. The maximum atomic E-state index is 11.6. The molecule has 96 valence electrons. The molecular formula is C12H13Cl2N3O. The smallest absolute Gasteiger partial charge is 0.253 e. The molecule has 1 amide bonds. The molecule has 0 atom stereocenters. The van der Waals surface area contributed by atoms with Gasteiger partial charge >= 0.3 is 0 Å². The molecule has 2 aromatic rings. The van der Waals surface area contributed by atoms with Gasteiger partial charge in [0.2, 0.25) is 0 Å². The summed E-state index contributed by atoms with van der Waals surface area (Å²) in [4.78, 5) is 18.9. The van der Waals surface area contributed by atoms with E-state index in [1.807, 2.05) is 18.2 Å². The number of halogens is 2. The number of nitrogens with one attached hydrogen (secondary N) is 2. The first kappa shape index (κ1) is 14.5. The van der Waals surface area contributed by atoms with Crippen LogP contribution in [0.2, 0.25) is 0 Å². The van der Waals surface area contributed by atoms with Crippen molar-refractivity contribution in [2.24, 2.45) is 0 Å². The van der Waals surface area contributed by atoms with Gasteiger partial charge in [-0.1, -0.05) is 0 Å².